The molecule has 2 heterocycles. The van der Waals surface area contributed by atoms with Gasteiger partial charge in [-0.2, -0.15) is 0 Å². The van der Waals surface area contributed by atoms with Crippen molar-refractivity contribution in [1.82, 2.24) is 19.9 Å². The summed E-state index contributed by atoms with van der Waals surface area (Å²) < 4.78 is 37.8. The van der Waals surface area contributed by atoms with E-state index in [0.717, 1.165) is 51.5 Å². The predicted octanol–water partition coefficient (Wildman–Crippen LogP) is 0.453. The summed E-state index contributed by atoms with van der Waals surface area (Å²) in [5.74, 6) is 0.776. The zero-order valence-corrected chi connectivity index (χ0v) is 17.5. The van der Waals surface area contributed by atoms with E-state index in [9.17, 15) is 8.42 Å². The van der Waals surface area contributed by atoms with E-state index in [1.807, 2.05) is 0 Å². The number of nitrogens with one attached hydrogen (secondary N) is 2. The highest BCUT2D eigenvalue weighted by atomic mass is 32.2. The minimum atomic E-state index is -3.54. The van der Waals surface area contributed by atoms with Gasteiger partial charge in [0.25, 0.3) is 0 Å². The molecule has 2 N–H and O–H groups in total. The Morgan fingerprint density at radius 1 is 1.32 bits per heavy atom. The van der Waals surface area contributed by atoms with Crippen LogP contribution in [0.3, 0.4) is 0 Å². The quantitative estimate of drug-likeness (QED) is 0.326. The summed E-state index contributed by atoms with van der Waals surface area (Å²) in [5, 5.41) is 3.21. The first-order chi connectivity index (χ1) is 13.6. The molecule has 0 aromatic carbocycles. The maximum atomic E-state index is 12.2. The molecule has 2 rings (SSSR count). The summed E-state index contributed by atoms with van der Waals surface area (Å²) in [6.07, 6.45) is 5.95. The van der Waals surface area contributed by atoms with Gasteiger partial charge >= 0.3 is 0 Å². The van der Waals surface area contributed by atoms with E-state index >= 15 is 0 Å². The molecule has 1 aliphatic rings. The van der Waals surface area contributed by atoms with Gasteiger partial charge in [-0.1, -0.05) is 0 Å². The molecule has 1 aliphatic heterocycles. The Morgan fingerprint density at radius 2 is 2.11 bits per heavy atom. The average Bonchev–Trinajstić information content (AvgIpc) is 2.72. The second-order valence-electron chi connectivity index (χ2n) is 6.46. The van der Waals surface area contributed by atoms with Gasteiger partial charge < -0.3 is 19.7 Å². The number of guanidine groups is 1. The molecule has 0 bridgehead atoms. The molecule has 1 aromatic heterocycles. The van der Waals surface area contributed by atoms with Crippen LogP contribution in [0.15, 0.2) is 34.4 Å². The molecule has 0 spiro atoms. The highest BCUT2D eigenvalue weighted by molar-refractivity contribution is 7.89. The minimum absolute atomic E-state index is 0.159. The van der Waals surface area contributed by atoms with Gasteiger partial charge in [0.2, 0.25) is 10.0 Å². The van der Waals surface area contributed by atoms with E-state index in [2.05, 4.69) is 24.9 Å². The molecule has 9 nitrogen and oxygen atoms in total. The molecule has 158 valence electrons. The van der Waals surface area contributed by atoms with Crippen molar-refractivity contribution in [2.75, 3.05) is 53.6 Å². The molecule has 0 saturated carbocycles. The number of hydrogen-bond acceptors (Lipinski definition) is 6. The maximum absolute atomic E-state index is 12.2. The van der Waals surface area contributed by atoms with Crippen LogP contribution < -0.4 is 10.0 Å². The maximum Gasteiger partial charge on any atom is 0.242 e. The highest BCUT2D eigenvalue weighted by Crippen LogP contribution is 2.14. The third-order valence-corrected chi connectivity index (χ3v) is 5.89. The normalized spacial score (nSPS) is 16.4. The number of sulfonamides is 1. The molecular weight excluding hydrogens is 382 g/mol. The highest BCUT2D eigenvalue weighted by Gasteiger charge is 2.22. The smallest absolute Gasteiger partial charge is 0.242 e. The molecule has 10 heteroatoms. The Labute approximate surface area is 167 Å². The lowest BCUT2D eigenvalue weighted by Crippen LogP contribution is -2.48. The van der Waals surface area contributed by atoms with Gasteiger partial charge in [0.15, 0.2) is 5.96 Å². The second kappa shape index (κ2) is 11.9. The van der Waals surface area contributed by atoms with E-state index in [-0.39, 0.29) is 17.5 Å². The number of likely N-dealkylation sites (tertiary alicyclic amines) is 1. The SMILES string of the molecule is CN=C(NCCNS(=O)(=O)c1cccnc1)N1CCC(OCCCOC)CC1. The standard InChI is InChI=1S/C18H31N5O4S/c1-19-18(23-11-6-16(7-12-23)27-14-4-13-26-2)21-9-10-22-28(24,25)17-5-3-8-20-15-17/h3,5,8,15-16,22H,4,6-7,9-14H2,1-2H3,(H,19,21). The number of hydrogen-bond donors (Lipinski definition) is 2. The first-order valence-corrected chi connectivity index (χ1v) is 11.0. The van der Waals surface area contributed by atoms with Crippen LogP contribution in [0.4, 0.5) is 0 Å². The lowest BCUT2D eigenvalue weighted by molar-refractivity contribution is 0.00992. The number of ether oxygens (including phenoxy) is 2. The molecule has 1 saturated heterocycles. The number of methoxy groups -OCH3 is 1. The van der Waals surface area contributed by atoms with Gasteiger partial charge in [0.1, 0.15) is 4.90 Å². The zero-order valence-electron chi connectivity index (χ0n) is 16.6. The van der Waals surface area contributed by atoms with Crippen LogP contribution >= 0.6 is 0 Å². The van der Waals surface area contributed by atoms with Crippen LogP contribution in [-0.4, -0.2) is 83.9 Å². The van der Waals surface area contributed by atoms with Crippen molar-refractivity contribution in [1.29, 1.82) is 0 Å². The number of aliphatic imine (C=N–C) groups is 1. The van der Waals surface area contributed by atoms with Crippen LogP contribution in [0.5, 0.6) is 0 Å². The fourth-order valence-electron chi connectivity index (χ4n) is 2.97. The molecule has 0 unspecified atom stereocenters. The number of aromatic nitrogens is 1. The third-order valence-electron chi connectivity index (χ3n) is 4.44. The van der Waals surface area contributed by atoms with Crippen molar-refractivity contribution in [3.63, 3.8) is 0 Å². The van der Waals surface area contributed by atoms with Gasteiger partial charge in [-0.3, -0.25) is 9.98 Å². The minimum Gasteiger partial charge on any atom is -0.385 e. The van der Waals surface area contributed by atoms with Gasteiger partial charge in [0, 0.05) is 65.9 Å². The van der Waals surface area contributed by atoms with Crippen molar-refractivity contribution >= 4 is 16.0 Å². The first-order valence-electron chi connectivity index (χ1n) is 9.52. The van der Waals surface area contributed by atoms with E-state index in [4.69, 9.17) is 9.47 Å². The number of pyridine rings is 1. The van der Waals surface area contributed by atoms with Crippen LogP contribution in [0, 0.1) is 0 Å². The van der Waals surface area contributed by atoms with Crippen LogP contribution in [0.2, 0.25) is 0 Å². The largest absolute Gasteiger partial charge is 0.385 e. The topological polar surface area (TPSA) is 105 Å². The van der Waals surface area contributed by atoms with Crippen molar-refractivity contribution in [2.45, 2.75) is 30.3 Å². The van der Waals surface area contributed by atoms with E-state index < -0.39 is 10.0 Å². The summed E-state index contributed by atoms with van der Waals surface area (Å²) in [4.78, 5) is 10.5. The number of rotatable bonds is 10. The summed E-state index contributed by atoms with van der Waals surface area (Å²) in [6, 6.07) is 3.11. The molecular formula is C18H31N5O4S. The van der Waals surface area contributed by atoms with Gasteiger partial charge in [-0.05, 0) is 31.4 Å². The van der Waals surface area contributed by atoms with Gasteiger partial charge in [-0.25, -0.2) is 13.1 Å². The lowest BCUT2D eigenvalue weighted by Gasteiger charge is -2.34. The number of nitrogens with zero attached hydrogens (tertiary/aromatic N) is 3. The molecule has 1 fully saturated rings. The Kier molecular flexibility index (Phi) is 9.62. The van der Waals surface area contributed by atoms with Crippen LogP contribution in [-0.2, 0) is 19.5 Å². The molecule has 0 radical (unpaired) electrons. The summed E-state index contributed by atoms with van der Waals surface area (Å²) in [5.41, 5.74) is 0. The molecule has 0 aliphatic carbocycles. The van der Waals surface area contributed by atoms with Crippen LogP contribution in [0.25, 0.3) is 0 Å². The lowest BCUT2D eigenvalue weighted by atomic mass is 10.1. The third kappa shape index (κ3) is 7.34. The summed E-state index contributed by atoms with van der Waals surface area (Å²) >= 11 is 0. The summed E-state index contributed by atoms with van der Waals surface area (Å²) in [6.45, 7) is 3.86. The van der Waals surface area contributed by atoms with Crippen molar-refractivity contribution in [2.24, 2.45) is 4.99 Å². The Balaban J connectivity index is 1.68. The fourth-order valence-corrected chi connectivity index (χ4v) is 3.96. The van der Waals surface area contributed by atoms with E-state index in [0.29, 0.717) is 6.54 Å². The first kappa shape index (κ1) is 22.5. The van der Waals surface area contributed by atoms with E-state index in [1.165, 1.54) is 12.3 Å². The molecule has 1 aromatic rings. The van der Waals surface area contributed by atoms with Gasteiger partial charge in [-0.15, -0.1) is 0 Å². The monoisotopic (exact) mass is 413 g/mol. The Morgan fingerprint density at radius 3 is 2.75 bits per heavy atom. The average molecular weight is 414 g/mol. The predicted molar refractivity (Wildman–Crippen MR) is 108 cm³/mol. The molecule has 28 heavy (non-hydrogen) atoms. The fraction of sp³-hybridized carbons (Fsp3) is 0.667. The van der Waals surface area contributed by atoms with Gasteiger partial charge in [0.05, 0.1) is 6.10 Å². The van der Waals surface area contributed by atoms with Crippen molar-refractivity contribution in [3.8, 4) is 0 Å². The molecule has 0 atom stereocenters. The number of piperidine rings is 1. The van der Waals surface area contributed by atoms with Crippen molar-refractivity contribution in [3.05, 3.63) is 24.5 Å². The van der Waals surface area contributed by atoms with Crippen molar-refractivity contribution < 1.29 is 17.9 Å². The molecule has 0 amide bonds. The zero-order chi connectivity index (χ0) is 20.2. The Hall–Kier alpha value is -1.75. The second-order valence-corrected chi connectivity index (χ2v) is 8.23. The van der Waals surface area contributed by atoms with E-state index in [1.54, 1.807) is 26.4 Å². The Bertz CT molecular complexity index is 691. The van der Waals surface area contributed by atoms with Crippen LogP contribution in [0.1, 0.15) is 19.3 Å². The summed E-state index contributed by atoms with van der Waals surface area (Å²) in [7, 11) is -0.115.